The van der Waals surface area contributed by atoms with E-state index >= 15 is 0 Å². The van der Waals surface area contributed by atoms with Crippen molar-refractivity contribution in [2.24, 2.45) is 0 Å². The first-order valence-electron chi connectivity index (χ1n) is 4.22. The van der Waals surface area contributed by atoms with Crippen LogP contribution >= 0.6 is 0 Å². The summed E-state index contributed by atoms with van der Waals surface area (Å²) in [6.07, 6.45) is 0. The van der Waals surface area contributed by atoms with Crippen LogP contribution in [-0.2, 0) is 4.79 Å². The monoisotopic (exact) mass is 185 g/mol. The van der Waals surface area contributed by atoms with E-state index in [0.29, 0.717) is 13.1 Å². The third-order valence-corrected chi connectivity index (χ3v) is 2.00. The summed E-state index contributed by atoms with van der Waals surface area (Å²) in [7, 11) is 5.46. The van der Waals surface area contributed by atoms with Gasteiger partial charge in [-0.15, -0.1) is 0 Å². The molecule has 0 N–H and O–H groups in total. The number of rotatable bonds is 3. The third kappa shape index (κ3) is 2.18. The van der Waals surface area contributed by atoms with Gasteiger partial charge >= 0.3 is 6.03 Å². The molecule has 0 aromatic carbocycles. The number of amides is 3. The molecule has 0 spiro atoms. The van der Waals surface area contributed by atoms with Crippen molar-refractivity contribution in [3.05, 3.63) is 0 Å². The highest BCUT2D eigenvalue weighted by Gasteiger charge is 2.32. The molecule has 0 aliphatic carbocycles. The molecule has 0 aromatic heterocycles. The first kappa shape index (κ1) is 9.98. The van der Waals surface area contributed by atoms with Gasteiger partial charge < -0.3 is 9.80 Å². The van der Waals surface area contributed by atoms with Crippen LogP contribution in [0.5, 0.6) is 0 Å². The fourth-order valence-electron chi connectivity index (χ4n) is 1.19. The summed E-state index contributed by atoms with van der Waals surface area (Å²) in [4.78, 5) is 27.3. The normalized spacial score (nSPS) is 17.8. The number of imide groups is 1. The van der Waals surface area contributed by atoms with E-state index in [-0.39, 0.29) is 18.5 Å². The minimum atomic E-state index is -0.188. The summed E-state index contributed by atoms with van der Waals surface area (Å²) < 4.78 is 0. The van der Waals surface area contributed by atoms with Crippen LogP contribution in [0.15, 0.2) is 0 Å². The Kier molecular flexibility index (Phi) is 2.87. The molecule has 1 fully saturated rings. The van der Waals surface area contributed by atoms with Crippen LogP contribution in [0.4, 0.5) is 4.79 Å². The number of nitrogens with zero attached hydrogens (tertiary/aromatic N) is 3. The zero-order valence-corrected chi connectivity index (χ0v) is 8.28. The van der Waals surface area contributed by atoms with E-state index in [1.54, 1.807) is 7.05 Å². The maximum atomic E-state index is 11.3. The van der Waals surface area contributed by atoms with Crippen molar-refractivity contribution in [3.63, 3.8) is 0 Å². The summed E-state index contributed by atoms with van der Waals surface area (Å²) in [5.74, 6) is -0.102. The molecule has 13 heavy (non-hydrogen) atoms. The van der Waals surface area contributed by atoms with E-state index in [1.165, 1.54) is 9.80 Å². The maximum Gasteiger partial charge on any atom is 0.327 e. The molecule has 1 aliphatic heterocycles. The molecule has 1 rings (SSSR count). The van der Waals surface area contributed by atoms with E-state index in [1.807, 2.05) is 19.0 Å². The van der Waals surface area contributed by atoms with Gasteiger partial charge in [0.05, 0.1) is 0 Å². The molecule has 3 amide bonds. The zero-order chi connectivity index (χ0) is 10.0. The fourth-order valence-corrected chi connectivity index (χ4v) is 1.19. The number of likely N-dealkylation sites (N-methyl/N-ethyl adjacent to an activating group) is 2. The van der Waals surface area contributed by atoms with Gasteiger partial charge in [0.1, 0.15) is 6.54 Å². The van der Waals surface area contributed by atoms with Crippen LogP contribution in [0.2, 0.25) is 0 Å². The Balaban J connectivity index is 2.49. The molecule has 1 aliphatic rings. The quantitative estimate of drug-likeness (QED) is 0.554. The lowest BCUT2D eigenvalue weighted by Crippen LogP contribution is -2.36. The number of carbonyl (C=O) groups is 2. The highest BCUT2D eigenvalue weighted by molar-refractivity contribution is 6.01. The van der Waals surface area contributed by atoms with Crippen molar-refractivity contribution in [1.29, 1.82) is 0 Å². The molecule has 0 aromatic rings. The lowest BCUT2D eigenvalue weighted by Gasteiger charge is -2.16. The number of carbonyl (C=O) groups excluding carboxylic acids is 2. The molecule has 0 saturated carbocycles. The van der Waals surface area contributed by atoms with Gasteiger partial charge in [0.2, 0.25) is 5.91 Å². The average Bonchev–Trinajstić information content (AvgIpc) is 2.24. The Morgan fingerprint density at radius 3 is 2.38 bits per heavy atom. The van der Waals surface area contributed by atoms with Gasteiger partial charge in [-0.05, 0) is 14.1 Å². The van der Waals surface area contributed by atoms with E-state index in [9.17, 15) is 9.59 Å². The van der Waals surface area contributed by atoms with Gasteiger partial charge in [0, 0.05) is 20.1 Å². The molecular formula is C8H15N3O2. The Morgan fingerprint density at radius 1 is 1.38 bits per heavy atom. The van der Waals surface area contributed by atoms with Gasteiger partial charge in [0.15, 0.2) is 0 Å². The fraction of sp³-hybridized carbons (Fsp3) is 0.750. The van der Waals surface area contributed by atoms with Gasteiger partial charge in [-0.2, -0.15) is 0 Å². The maximum absolute atomic E-state index is 11.3. The van der Waals surface area contributed by atoms with Crippen LogP contribution in [-0.4, -0.2) is 67.4 Å². The summed E-state index contributed by atoms with van der Waals surface area (Å²) in [5.41, 5.74) is 0. The van der Waals surface area contributed by atoms with Crippen molar-refractivity contribution in [1.82, 2.24) is 14.7 Å². The smallest absolute Gasteiger partial charge is 0.318 e. The molecule has 0 radical (unpaired) electrons. The SMILES string of the molecule is CN(C)CCN1C(=O)CN(C)C1=O. The molecule has 5 heteroatoms. The lowest BCUT2D eigenvalue weighted by molar-refractivity contribution is -0.125. The van der Waals surface area contributed by atoms with Crippen molar-refractivity contribution in [2.45, 2.75) is 0 Å². The first-order valence-corrected chi connectivity index (χ1v) is 4.22. The predicted molar refractivity (Wildman–Crippen MR) is 48.3 cm³/mol. The summed E-state index contributed by atoms with van der Waals surface area (Å²) in [6.45, 7) is 1.41. The molecule has 74 valence electrons. The molecule has 1 saturated heterocycles. The Morgan fingerprint density at radius 2 is 2.00 bits per heavy atom. The van der Waals surface area contributed by atoms with Crippen molar-refractivity contribution < 1.29 is 9.59 Å². The zero-order valence-electron chi connectivity index (χ0n) is 8.28. The van der Waals surface area contributed by atoms with E-state index in [2.05, 4.69) is 0 Å². The number of hydrogen-bond acceptors (Lipinski definition) is 3. The second-order valence-electron chi connectivity index (χ2n) is 3.49. The lowest BCUT2D eigenvalue weighted by atomic mass is 10.5. The van der Waals surface area contributed by atoms with Gasteiger partial charge in [-0.25, -0.2) is 4.79 Å². The minimum absolute atomic E-state index is 0.102. The molecule has 5 nitrogen and oxygen atoms in total. The topological polar surface area (TPSA) is 43.9 Å². The van der Waals surface area contributed by atoms with Crippen LogP contribution in [0, 0.1) is 0 Å². The largest absolute Gasteiger partial charge is 0.327 e. The van der Waals surface area contributed by atoms with Gasteiger partial charge in [0.25, 0.3) is 0 Å². The van der Waals surface area contributed by atoms with Crippen molar-refractivity contribution in [3.8, 4) is 0 Å². The Bertz CT molecular complexity index is 227. The number of hydrogen-bond donors (Lipinski definition) is 0. The van der Waals surface area contributed by atoms with E-state index in [0.717, 1.165) is 0 Å². The van der Waals surface area contributed by atoms with Crippen LogP contribution in [0.3, 0.4) is 0 Å². The second-order valence-corrected chi connectivity index (χ2v) is 3.49. The molecule has 0 unspecified atom stereocenters. The van der Waals surface area contributed by atoms with Gasteiger partial charge in [-0.3, -0.25) is 9.69 Å². The highest BCUT2D eigenvalue weighted by Crippen LogP contribution is 2.06. The highest BCUT2D eigenvalue weighted by atomic mass is 16.2. The molecule has 1 heterocycles. The summed E-state index contributed by atoms with van der Waals surface area (Å²) in [5, 5.41) is 0. The standard InChI is InChI=1S/C8H15N3O2/c1-9(2)4-5-11-7(12)6-10(3)8(11)13/h4-6H2,1-3H3. The summed E-state index contributed by atoms with van der Waals surface area (Å²) >= 11 is 0. The Hall–Kier alpha value is -1.10. The van der Waals surface area contributed by atoms with Crippen LogP contribution < -0.4 is 0 Å². The molecule has 0 bridgehead atoms. The minimum Gasteiger partial charge on any atom is -0.318 e. The van der Waals surface area contributed by atoms with E-state index in [4.69, 9.17) is 0 Å². The average molecular weight is 185 g/mol. The first-order chi connectivity index (χ1) is 6.02. The molecular weight excluding hydrogens is 170 g/mol. The Labute approximate surface area is 77.9 Å². The van der Waals surface area contributed by atoms with Crippen LogP contribution in [0.1, 0.15) is 0 Å². The third-order valence-electron chi connectivity index (χ3n) is 2.00. The number of urea groups is 1. The van der Waals surface area contributed by atoms with Crippen molar-refractivity contribution >= 4 is 11.9 Å². The second kappa shape index (κ2) is 3.74. The molecule has 0 atom stereocenters. The predicted octanol–water partition coefficient (Wildman–Crippen LogP) is -0.558. The summed E-state index contributed by atoms with van der Waals surface area (Å²) in [6, 6.07) is -0.188. The van der Waals surface area contributed by atoms with E-state index < -0.39 is 0 Å². The van der Waals surface area contributed by atoms with Crippen molar-refractivity contribution in [2.75, 3.05) is 40.8 Å². The van der Waals surface area contributed by atoms with Crippen LogP contribution in [0.25, 0.3) is 0 Å². The van der Waals surface area contributed by atoms with Gasteiger partial charge in [-0.1, -0.05) is 0 Å².